The van der Waals surface area contributed by atoms with E-state index in [1.807, 2.05) is 6.92 Å². The van der Waals surface area contributed by atoms with Crippen LogP contribution in [0, 0.1) is 6.92 Å². The average Bonchev–Trinajstić information content (AvgIpc) is 2.79. The van der Waals surface area contributed by atoms with E-state index in [1.165, 1.54) is 6.07 Å². The molecule has 7 heteroatoms. The first-order valence-electron chi connectivity index (χ1n) is 6.37. The van der Waals surface area contributed by atoms with Gasteiger partial charge in [-0.05, 0) is 28.9 Å². The van der Waals surface area contributed by atoms with Gasteiger partial charge in [-0.2, -0.15) is 0 Å². The molecule has 1 aromatic heterocycles. The number of halogens is 1. The van der Waals surface area contributed by atoms with Gasteiger partial charge in [-0.15, -0.1) is 0 Å². The first-order valence-corrected chi connectivity index (χ1v) is 7.16. The molecule has 110 valence electrons. The quantitative estimate of drug-likeness (QED) is 0.891. The molecular weight excluding hydrogens is 342 g/mol. The van der Waals surface area contributed by atoms with E-state index in [1.54, 1.807) is 6.07 Å². The smallest absolute Gasteiger partial charge is 0.374 e. The molecule has 3 rings (SSSR count). The summed E-state index contributed by atoms with van der Waals surface area (Å²) in [6.45, 7) is 3.06. The zero-order valence-corrected chi connectivity index (χ0v) is 12.8. The van der Waals surface area contributed by atoms with Crippen molar-refractivity contribution in [2.45, 2.75) is 13.3 Å². The van der Waals surface area contributed by atoms with Gasteiger partial charge >= 0.3 is 5.97 Å². The van der Waals surface area contributed by atoms with E-state index in [-0.39, 0.29) is 5.76 Å². The molecule has 0 bridgehead atoms. The lowest BCUT2D eigenvalue weighted by Gasteiger charge is -2.14. The summed E-state index contributed by atoms with van der Waals surface area (Å²) in [5.41, 5.74) is 1.99. The summed E-state index contributed by atoms with van der Waals surface area (Å²) in [6.07, 6.45) is 0.814. The second kappa shape index (κ2) is 5.40. The van der Waals surface area contributed by atoms with Crippen molar-refractivity contribution in [3.63, 3.8) is 0 Å². The van der Waals surface area contributed by atoms with Gasteiger partial charge in [0.25, 0.3) is 0 Å². The van der Waals surface area contributed by atoms with Crippen LogP contribution >= 0.6 is 15.9 Å². The third-order valence-electron chi connectivity index (χ3n) is 3.21. The highest BCUT2D eigenvalue weighted by atomic mass is 79.9. The van der Waals surface area contributed by atoms with Crippen molar-refractivity contribution in [1.82, 2.24) is 5.16 Å². The van der Waals surface area contributed by atoms with Gasteiger partial charge in [-0.3, -0.25) is 0 Å². The second-order valence-corrected chi connectivity index (χ2v) is 5.47. The predicted molar refractivity (Wildman–Crippen MR) is 76.9 cm³/mol. The molecule has 21 heavy (non-hydrogen) atoms. The molecular formula is C14H12BrNO5. The summed E-state index contributed by atoms with van der Waals surface area (Å²) in [7, 11) is 0. The minimum atomic E-state index is -1.16. The van der Waals surface area contributed by atoms with Gasteiger partial charge < -0.3 is 19.1 Å². The van der Waals surface area contributed by atoms with E-state index in [4.69, 9.17) is 19.1 Å². The SMILES string of the molecule is Cc1c2c(cc(Br)c1-c1cc(C(=O)O)on1)OCCCO2. The monoisotopic (exact) mass is 353 g/mol. The molecule has 0 radical (unpaired) electrons. The highest BCUT2D eigenvalue weighted by molar-refractivity contribution is 9.10. The molecule has 0 atom stereocenters. The lowest BCUT2D eigenvalue weighted by molar-refractivity contribution is 0.0652. The summed E-state index contributed by atoms with van der Waals surface area (Å²) in [4.78, 5) is 10.9. The molecule has 2 aromatic rings. The minimum Gasteiger partial charge on any atom is -0.490 e. The van der Waals surface area contributed by atoms with Crippen molar-refractivity contribution in [3.05, 3.63) is 27.9 Å². The van der Waals surface area contributed by atoms with Gasteiger partial charge in [-0.1, -0.05) is 5.16 Å². The number of ether oxygens (including phenoxy) is 2. The highest BCUT2D eigenvalue weighted by Crippen LogP contribution is 2.43. The van der Waals surface area contributed by atoms with Gasteiger partial charge in [-0.25, -0.2) is 4.79 Å². The fraction of sp³-hybridized carbons (Fsp3) is 0.286. The Morgan fingerprint density at radius 1 is 1.33 bits per heavy atom. The zero-order chi connectivity index (χ0) is 15.0. The Bertz CT molecular complexity index is 710. The second-order valence-electron chi connectivity index (χ2n) is 4.62. The van der Waals surface area contributed by atoms with E-state index in [0.29, 0.717) is 30.4 Å². The third-order valence-corrected chi connectivity index (χ3v) is 3.83. The van der Waals surface area contributed by atoms with Crippen LogP contribution in [0.25, 0.3) is 11.3 Å². The van der Waals surface area contributed by atoms with E-state index in [2.05, 4.69) is 21.1 Å². The Labute approximate surface area is 128 Å². The van der Waals surface area contributed by atoms with Crippen LogP contribution in [0.5, 0.6) is 11.5 Å². The van der Waals surface area contributed by atoms with Crippen LogP contribution in [-0.2, 0) is 0 Å². The molecule has 2 heterocycles. The number of benzene rings is 1. The minimum absolute atomic E-state index is 0.205. The molecule has 1 aromatic carbocycles. The van der Waals surface area contributed by atoms with Crippen molar-refractivity contribution in [1.29, 1.82) is 0 Å². The fourth-order valence-electron chi connectivity index (χ4n) is 2.24. The maximum Gasteiger partial charge on any atom is 0.374 e. The van der Waals surface area contributed by atoms with Crippen LogP contribution in [0.2, 0.25) is 0 Å². The molecule has 0 aliphatic carbocycles. The van der Waals surface area contributed by atoms with E-state index in [9.17, 15) is 4.79 Å². The van der Waals surface area contributed by atoms with Crippen molar-refractivity contribution in [3.8, 4) is 22.8 Å². The number of aromatic carboxylic acids is 1. The van der Waals surface area contributed by atoms with Gasteiger partial charge in [0, 0.05) is 28.1 Å². The topological polar surface area (TPSA) is 81.8 Å². The number of hydrogen-bond acceptors (Lipinski definition) is 5. The number of carboxylic acid groups (broad SMARTS) is 1. The van der Waals surface area contributed by atoms with E-state index >= 15 is 0 Å². The Hall–Kier alpha value is -2.02. The number of carbonyl (C=O) groups is 1. The zero-order valence-electron chi connectivity index (χ0n) is 11.2. The average molecular weight is 354 g/mol. The fourth-order valence-corrected chi connectivity index (χ4v) is 2.95. The Morgan fingerprint density at radius 3 is 2.81 bits per heavy atom. The number of carboxylic acids is 1. The molecule has 0 unspecified atom stereocenters. The summed E-state index contributed by atoms with van der Waals surface area (Å²) < 4.78 is 16.9. The highest BCUT2D eigenvalue weighted by Gasteiger charge is 2.22. The van der Waals surface area contributed by atoms with E-state index in [0.717, 1.165) is 22.0 Å². The Morgan fingerprint density at radius 2 is 2.10 bits per heavy atom. The molecule has 0 saturated carbocycles. The standard InChI is InChI=1S/C14H12BrNO5/c1-7-12(9-6-11(14(17)18)21-16-9)8(15)5-10-13(7)20-4-2-3-19-10/h5-6H,2-4H2,1H3,(H,17,18). The molecule has 0 fully saturated rings. The predicted octanol–water partition coefficient (Wildman–Crippen LogP) is 3.27. The van der Waals surface area contributed by atoms with Gasteiger partial charge in [0.15, 0.2) is 11.5 Å². The summed E-state index contributed by atoms with van der Waals surface area (Å²) in [5.74, 6) is -0.0339. The number of nitrogens with zero attached hydrogens (tertiary/aromatic N) is 1. The molecule has 0 amide bonds. The van der Waals surface area contributed by atoms with Crippen molar-refractivity contribution in [2.24, 2.45) is 0 Å². The molecule has 1 aliphatic rings. The van der Waals surface area contributed by atoms with Gasteiger partial charge in [0.1, 0.15) is 5.69 Å². The van der Waals surface area contributed by atoms with Crippen molar-refractivity contribution < 1.29 is 23.9 Å². The van der Waals surface area contributed by atoms with Gasteiger partial charge in [0.2, 0.25) is 5.76 Å². The normalized spacial score (nSPS) is 13.8. The first-order chi connectivity index (χ1) is 10.1. The summed E-state index contributed by atoms with van der Waals surface area (Å²) in [5, 5.41) is 12.7. The number of aromatic nitrogens is 1. The van der Waals surface area contributed by atoms with Crippen molar-refractivity contribution in [2.75, 3.05) is 13.2 Å². The summed E-state index contributed by atoms with van der Waals surface area (Å²) in [6, 6.07) is 3.19. The maximum absolute atomic E-state index is 10.9. The van der Waals surface area contributed by atoms with Crippen LogP contribution in [-0.4, -0.2) is 29.4 Å². The number of hydrogen-bond donors (Lipinski definition) is 1. The Balaban J connectivity index is 2.13. The number of rotatable bonds is 2. The largest absolute Gasteiger partial charge is 0.490 e. The lowest BCUT2D eigenvalue weighted by atomic mass is 10.0. The molecule has 0 spiro atoms. The number of fused-ring (bicyclic) bond motifs is 1. The van der Waals surface area contributed by atoms with Crippen LogP contribution in [0.3, 0.4) is 0 Å². The van der Waals surface area contributed by atoms with Crippen LogP contribution in [0.1, 0.15) is 22.5 Å². The van der Waals surface area contributed by atoms with Gasteiger partial charge in [0.05, 0.1) is 13.2 Å². The first kappa shape index (κ1) is 13.9. The molecule has 0 saturated heterocycles. The summed E-state index contributed by atoms with van der Waals surface area (Å²) >= 11 is 3.47. The molecule has 1 N–H and O–H groups in total. The Kier molecular flexibility index (Phi) is 3.59. The lowest BCUT2D eigenvalue weighted by Crippen LogP contribution is -1.98. The maximum atomic E-state index is 10.9. The third kappa shape index (κ3) is 2.49. The van der Waals surface area contributed by atoms with Crippen LogP contribution < -0.4 is 9.47 Å². The molecule has 6 nitrogen and oxygen atoms in total. The van der Waals surface area contributed by atoms with Crippen molar-refractivity contribution >= 4 is 21.9 Å². The van der Waals surface area contributed by atoms with Crippen LogP contribution in [0.4, 0.5) is 0 Å². The molecule has 1 aliphatic heterocycles. The van der Waals surface area contributed by atoms with E-state index < -0.39 is 5.97 Å². The van der Waals surface area contributed by atoms with Crippen LogP contribution in [0.15, 0.2) is 21.1 Å².